The van der Waals surface area contributed by atoms with E-state index in [0.29, 0.717) is 17.0 Å². The van der Waals surface area contributed by atoms with Crippen LogP contribution in [0.3, 0.4) is 0 Å². The van der Waals surface area contributed by atoms with Crippen LogP contribution in [0.1, 0.15) is 36.7 Å². The highest BCUT2D eigenvalue weighted by Gasteiger charge is 2.19. The molecule has 0 unspecified atom stereocenters. The highest BCUT2D eigenvalue weighted by atomic mass is 35.5. The fourth-order valence-corrected chi connectivity index (χ4v) is 4.95. The fourth-order valence-electron chi connectivity index (χ4n) is 2.61. The lowest BCUT2D eigenvalue weighted by molar-refractivity contribution is 0.102. The smallest absolute Gasteiger partial charge is 0.255 e. The molecule has 0 aliphatic heterocycles. The van der Waals surface area contributed by atoms with Gasteiger partial charge in [0.25, 0.3) is 5.91 Å². The number of carbonyl (C=O) groups excluding carboxylic acids is 1. The molecule has 2 aromatic carbocycles. The first-order valence-corrected chi connectivity index (χ1v) is 10.8. The number of hydrogen-bond donors (Lipinski definition) is 2. The Morgan fingerprint density at radius 2 is 1.78 bits per heavy atom. The normalized spacial score (nSPS) is 11.6. The van der Waals surface area contributed by atoms with E-state index in [2.05, 4.69) is 5.32 Å². The minimum Gasteiger partial charge on any atom is -0.504 e. The van der Waals surface area contributed by atoms with Crippen LogP contribution < -0.4 is 5.32 Å². The summed E-state index contributed by atoms with van der Waals surface area (Å²) >= 11 is 12.2. The number of sulfone groups is 1. The maximum absolute atomic E-state index is 12.4. The van der Waals surface area contributed by atoms with E-state index >= 15 is 0 Å². The van der Waals surface area contributed by atoms with Crippen LogP contribution in [0, 0.1) is 5.92 Å². The van der Waals surface area contributed by atoms with Gasteiger partial charge in [0.1, 0.15) is 0 Å². The lowest BCUT2D eigenvalue weighted by Gasteiger charge is -2.13. The largest absolute Gasteiger partial charge is 0.504 e. The molecule has 27 heavy (non-hydrogen) atoms. The third-order valence-electron chi connectivity index (χ3n) is 3.92. The van der Waals surface area contributed by atoms with Gasteiger partial charge in [-0.15, -0.1) is 0 Å². The minimum absolute atomic E-state index is 0.00143. The fraction of sp³-hybridized carbons (Fsp3) is 0.316. The van der Waals surface area contributed by atoms with Crippen molar-refractivity contribution in [1.82, 2.24) is 0 Å². The Hall–Kier alpha value is -1.76. The van der Waals surface area contributed by atoms with Crippen molar-refractivity contribution >= 4 is 44.6 Å². The van der Waals surface area contributed by atoms with Crippen molar-refractivity contribution in [1.29, 1.82) is 0 Å². The number of halogens is 2. The predicted octanol–water partition coefficient (Wildman–Crippen LogP) is 4.94. The standard InChI is InChI=1S/C19H21Cl2NO4S/c1-4-14-15(20)9-16(18(23)17(14)21)22-19(24)12-5-7-13(8-6-12)27(25,26)10-11(2)3/h5-9,11,23H,4,10H2,1-3H3,(H,22,24). The van der Waals surface area contributed by atoms with Crippen molar-refractivity contribution in [3.63, 3.8) is 0 Å². The van der Waals surface area contributed by atoms with Crippen LogP contribution in [-0.4, -0.2) is 25.2 Å². The highest BCUT2D eigenvalue weighted by molar-refractivity contribution is 7.91. The number of benzene rings is 2. The lowest BCUT2D eigenvalue weighted by Crippen LogP contribution is -2.14. The molecule has 0 saturated carbocycles. The average Bonchev–Trinajstić information content (AvgIpc) is 2.59. The number of amides is 1. The maximum atomic E-state index is 12.4. The van der Waals surface area contributed by atoms with Crippen molar-refractivity contribution in [2.75, 3.05) is 11.1 Å². The second kappa shape index (κ2) is 8.50. The van der Waals surface area contributed by atoms with Gasteiger partial charge in [0.15, 0.2) is 15.6 Å². The Labute approximate surface area is 169 Å². The molecule has 0 aromatic heterocycles. The van der Waals surface area contributed by atoms with Crippen LogP contribution in [0.2, 0.25) is 10.0 Å². The molecule has 0 heterocycles. The quantitative estimate of drug-likeness (QED) is 0.636. The number of phenols is 1. The molecular formula is C19H21Cl2NO4S. The molecule has 0 saturated heterocycles. The second-order valence-corrected chi connectivity index (χ2v) is 9.37. The van der Waals surface area contributed by atoms with Gasteiger partial charge in [-0.3, -0.25) is 4.79 Å². The zero-order chi connectivity index (χ0) is 20.4. The first-order valence-electron chi connectivity index (χ1n) is 8.40. The Bertz CT molecular complexity index is 955. The molecule has 2 N–H and O–H groups in total. The van der Waals surface area contributed by atoms with Crippen LogP contribution in [0.25, 0.3) is 0 Å². The van der Waals surface area contributed by atoms with E-state index < -0.39 is 15.7 Å². The third kappa shape index (κ3) is 4.94. The second-order valence-electron chi connectivity index (χ2n) is 6.55. The Kier molecular flexibility index (Phi) is 6.78. The molecule has 0 radical (unpaired) electrons. The Morgan fingerprint density at radius 3 is 2.30 bits per heavy atom. The molecule has 0 bridgehead atoms. The van der Waals surface area contributed by atoms with Crippen molar-refractivity contribution < 1.29 is 18.3 Å². The first kappa shape index (κ1) is 21.5. The van der Waals surface area contributed by atoms with E-state index in [1.165, 1.54) is 30.3 Å². The molecule has 2 aromatic rings. The molecule has 5 nitrogen and oxygen atoms in total. The third-order valence-corrected chi connectivity index (χ3v) is 6.76. The molecule has 146 valence electrons. The molecule has 0 spiro atoms. The van der Waals surface area contributed by atoms with Gasteiger partial charge < -0.3 is 10.4 Å². The number of rotatable bonds is 6. The summed E-state index contributed by atoms with van der Waals surface area (Å²) in [4.78, 5) is 12.6. The van der Waals surface area contributed by atoms with Crippen LogP contribution in [0.5, 0.6) is 5.75 Å². The number of nitrogens with one attached hydrogen (secondary N) is 1. The van der Waals surface area contributed by atoms with Crippen LogP contribution in [0.15, 0.2) is 35.2 Å². The van der Waals surface area contributed by atoms with Crippen LogP contribution in [0.4, 0.5) is 5.69 Å². The van der Waals surface area contributed by atoms with Gasteiger partial charge in [0, 0.05) is 10.6 Å². The van der Waals surface area contributed by atoms with Gasteiger partial charge in [-0.2, -0.15) is 0 Å². The van der Waals surface area contributed by atoms with E-state index in [1.807, 2.05) is 20.8 Å². The van der Waals surface area contributed by atoms with Gasteiger partial charge in [0.05, 0.1) is 21.4 Å². The average molecular weight is 430 g/mol. The van der Waals surface area contributed by atoms with E-state index in [4.69, 9.17) is 23.2 Å². The number of anilines is 1. The number of carbonyl (C=O) groups is 1. The van der Waals surface area contributed by atoms with Gasteiger partial charge in [-0.1, -0.05) is 44.0 Å². The van der Waals surface area contributed by atoms with Crippen molar-refractivity contribution in [2.24, 2.45) is 5.92 Å². The summed E-state index contributed by atoms with van der Waals surface area (Å²) in [6, 6.07) is 7.06. The van der Waals surface area contributed by atoms with Crippen molar-refractivity contribution in [3.8, 4) is 5.75 Å². The zero-order valence-electron chi connectivity index (χ0n) is 15.2. The first-order chi connectivity index (χ1) is 12.6. The lowest BCUT2D eigenvalue weighted by atomic mass is 10.1. The van der Waals surface area contributed by atoms with E-state index in [1.54, 1.807) is 0 Å². The summed E-state index contributed by atoms with van der Waals surface area (Å²) in [5.74, 6) is -0.744. The zero-order valence-corrected chi connectivity index (χ0v) is 17.5. The molecule has 0 atom stereocenters. The summed E-state index contributed by atoms with van der Waals surface area (Å²) in [7, 11) is -3.39. The maximum Gasteiger partial charge on any atom is 0.255 e. The Balaban J connectivity index is 2.25. The van der Waals surface area contributed by atoms with E-state index in [-0.39, 0.29) is 38.6 Å². The topological polar surface area (TPSA) is 83.5 Å². The van der Waals surface area contributed by atoms with E-state index in [9.17, 15) is 18.3 Å². The summed E-state index contributed by atoms with van der Waals surface area (Å²) in [5, 5.41) is 13.2. The van der Waals surface area contributed by atoms with Crippen molar-refractivity contribution in [2.45, 2.75) is 32.1 Å². The van der Waals surface area contributed by atoms with Gasteiger partial charge in [-0.05, 0) is 48.2 Å². The summed E-state index contributed by atoms with van der Waals surface area (Å²) < 4.78 is 24.5. The summed E-state index contributed by atoms with van der Waals surface area (Å²) in [5.41, 5.74) is 0.918. The van der Waals surface area contributed by atoms with Gasteiger partial charge in [0.2, 0.25) is 0 Å². The number of phenolic OH excluding ortho intramolecular Hbond substituents is 1. The molecule has 0 fully saturated rings. The summed E-state index contributed by atoms with van der Waals surface area (Å²) in [6.45, 7) is 5.50. The van der Waals surface area contributed by atoms with Crippen LogP contribution >= 0.6 is 23.2 Å². The van der Waals surface area contributed by atoms with Crippen molar-refractivity contribution in [3.05, 3.63) is 51.5 Å². The van der Waals surface area contributed by atoms with Gasteiger partial charge >= 0.3 is 0 Å². The monoisotopic (exact) mass is 429 g/mol. The van der Waals surface area contributed by atoms with E-state index in [0.717, 1.165) is 0 Å². The molecule has 1 amide bonds. The molecular weight excluding hydrogens is 409 g/mol. The van der Waals surface area contributed by atoms with Gasteiger partial charge in [-0.25, -0.2) is 8.42 Å². The number of hydrogen-bond acceptors (Lipinski definition) is 4. The molecule has 8 heteroatoms. The Morgan fingerprint density at radius 1 is 1.19 bits per heavy atom. The highest BCUT2D eigenvalue weighted by Crippen LogP contribution is 2.39. The summed E-state index contributed by atoms with van der Waals surface area (Å²) in [6.07, 6.45) is 0.533. The molecule has 0 aliphatic rings. The minimum atomic E-state index is -3.39. The van der Waals surface area contributed by atoms with Crippen LogP contribution in [-0.2, 0) is 16.3 Å². The number of aromatic hydroxyl groups is 1. The molecule has 2 rings (SSSR count). The predicted molar refractivity (Wildman–Crippen MR) is 109 cm³/mol. The molecule has 0 aliphatic carbocycles. The SMILES string of the molecule is CCc1c(Cl)cc(NC(=O)c2ccc(S(=O)(=O)CC(C)C)cc2)c(O)c1Cl.